The third kappa shape index (κ3) is 1.09. The summed E-state index contributed by atoms with van der Waals surface area (Å²) in [5, 5.41) is 1.02. The van der Waals surface area contributed by atoms with E-state index < -0.39 is 6.16 Å². The average molecular weight is 214 g/mol. The van der Waals surface area contributed by atoms with E-state index in [1.807, 2.05) is 11.8 Å². The van der Waals surface area contributed by atoms with Crippen molar-refractivity contribution in [1.29, 1.82) is 0 Å². The monoisotopic (exact) mass is 214 g/mol. The molecule has 3 heterocycles. The highest BCUT2D eigenvalue weighted by Gasteiger charge is 2.60. The van der Waals surface area contributed by atoms with Gasteiger partial charge in [-0.15, -0.1) is 11.8 Å². The van der Waals surface area contributed by atoms with Crippen molar-refractivity contribution in [3.8, 4) is 0 Å². The Labute approximate surface area is 87.5 Å². The van der Waals surface area contributed by atoms with Gasteiger partial charge in [0.2, 0.25) is 0 Å². The summed E-state index contributed by atoms with van der Waals surface area (Å²) in [6, 6.07) is 0. The highest BCUT2D eigenvalue weighted by Crippen LogP contribution is 2.54. The molecule has 0 aliphatic carbocycles. The molecule has 3 rings (SSSR count). The van der Waals surface area contributed by atoms with Gasteiger partial charge in [0.1, 0.15) is 0 Å². The molecule has 4 heteroatoms. The molecule has 3 fully saturated rings. The Kier molecular flexibility index (Phi) is 1.94. The Bertz CT molecular complexity index is 268. The third-order valence-electron chi connectivity index (χ3n) is 3.47. The molecule has 0 spiro atoms. The van der Waals surface area contributed by atoms with E-state index in [2.05, 4.69) is 6.92 Å². The lowest BCUT2D eigenvalue weighted by molar-refractivity contribution is 0.109. The van der Waals surface area contributed by atoms with Gasteiger partial charge < -0.3 is 9.47 Å². The highest BCUT2D eigenvalue weighted by molar-refractivity contribution is 8.01. The Morgan fingerprint density at radius 1 is 1.43 bits per heavy atom. The van der Waals surface area contributed by atoms with Crippen molar-refractivity contribution in [2.24, 2.45) is 5.92 Å². The van der Waals surface area contributed by atoms with Gasteiger partial charge in [-0.05, 0) is 18.8 Å². The van der Waals surface area contributed by atoms with E-state index in [-0.39, 0.29) is 12.2 Å². The first-order valence-corrected chi connectivity index (χ1v) is 6.26. The summed E-state index contributed by atoms with van der Waals surface area (Å²) in [6.45, 7) is 2.21. The van der Waals surface area contributed by atoms with E-state index >= 15 is 0 Å². The number of thioether (sulfide) groups is 1. The van der Waals surface area contributed by atoms with Gasteiger partial charge >= 0.3 is 6.16 Å². The molecular formula is C10H14O3S. The van der Waals surface area contributed by atoms with Crippen LogP contribution in [0.5, 0.6) is 0 Å². The molecule has 0 radical (unpaired) electrons. The predicted molar refractivity (Wildman–Crippen MR) is 53.3 cm³/mol. The van der Waals surface area contributed by atoms with Crippen LogP contribution >= 0.6 is 11.8 Å². The largest absolute Gasteiger partial charge is 0.509 e. The minimum Gasteiger partial charge on any atom is -0.426 e. The van der Waals surface area contributed by atoms with Crippen molar-refractivity contribution >= 4 is 17.9 Å². The first-order valence-electron chi connectivity index (χ1n) is 5.32. The maximum Gasteiger partial charge on any atom is 0.509 e. The van der Waals surface area contributed by atoms with E-state index in [4.69, 9.17) is 9.47 Å². The fourth-order valence-electron chi connectivity index (χ4n) is 2.94. The molecule has 0 aromatic carbocycles. The molecule has 0 saturated carbocycles. The summed E-state index contributed by atoms with van der Waals surface area (Å²) >= 11 is 1.97. The Balaban J connectivity index is 1.76. The SMILES string of the molecule is CCCC1CC2SC1C1OC(=O)OC21. The second-order valence-electron chi connectivity index (χ2n) is 4.34. The van der Waals surface area contributed by atoms with Crippen molar-refractivity contribution in [3.05, 3.63) is 0 Å². The lowest BCUT2D eigenvalue weighted by Crippen LogP contribution is -2.39. The van der Waals surface area contributed by atoms with Crippen LogP contribution < -0.4 is 0 Å². The third-order valence-corrected chi connectivity index (χ3v) is 5.25. The molecular weight excluding hydrogens is 200 g/mol. The summed E-state index contributed by atoms with van der Waals surface area (Å²) in [5.74, 6) is 0.741. The van der Waals surface area contributed by atoms with Crippen LogP contribution in [-0.4, -0.2) is 28.9 Å². The minimum atomic E-state index is -0.451. The van der Waals surface area contributed by atoms with Gasteiger partial charge in [0, 0.05) is 10.5 Å². The van der Waals surface area contributed by atoms with Gasteiger partial charge in [-0.25, -0.2) is 4.79 Å². The Morgan fingerprint density at radius 3 is 3.00 bits per heavy atom. The number of hydrogen-bond acceptors (Lipinski definition) is 4. The number of rotatable bonds is 2. The van der Waals surface area contributed by atoms with Gasteiger partial charge in [0.05, 0.1) is 0 Å². The average Bonchev–Trinajstić information content (AvgIpc) is 2.74. The molecule has 0 aromatic heterocycles. The van der Waals surface area contributed by atoms with Gasteiger partial charge in [0.25, 0.3) is 0 Å². The maximum atomic E-state index is 11.0. The molecule has 0 amide bonds. The van der Waals surface area contributed by atoms with E-state index in [0.29, 0.717) is 10.5 Å². The summed E-state index contributed by atoms with van der Waals surface area (Å²) < 4.78 is 10.4. The van der Waals surface area contributed by atoms with Crippen molar-refractivity contribution in [2.45, 2.75) is 48.9 Å². The normalized spacial score (nSPS) is 48.9. The molecule has 5 atom stereocenters. The van der Waals surface area contributed by atoms with Crippen LogP contribution in [0.1, 0.15) is 26.2 Å². The molecule has 78 valence electrons. The van der Waals surface area contributed by atoms with Crippen molar-refractivity contribution in [1.82, 2.24) is 0 Å². The fourth-order valence-corrected chi connectivity index (χ4v) is 4.90. The zero-order valence-electron chi connectivity index (χ0n) is 8.14. The smallest absolute Gasteiger partial charge is 0.426 e. The summed E-state index contributed by atoms with van der Waals surface area (Å²) in [7, 11) is 0. The second-order valence-corrected chi connectivity index (χ2v) is 5.76. The van der Waals surface area contributed by atoms with Gasteiger partial charge in [-0.3, -0.25) is 0 Å². The quantitative estimate of drug-likeness (QED) is 0.660. The number of hydrogen-bond donors (Lipinski definition) is 0. The number of carbonyl (C=O) groups is 1. The standard InChI is InChI=1S/C10H14O3S/c1-2-3-5-4-6-7-8(9(5)14-6)13-10(11)12-7/h5-9H,2-4H2,1H3. The van der Waals surface area contributed by atoms with Gasteiger partial charge in [-0.2, -0.15) is 0 Å². The van der Waals surface area contributed by atoms with E-state index in [1.54, 1.807) is 0 Å². The zero-order chi connectivity index (χ0) is 9.71. The summed E-state index contributed by atoms with van der Waals surface area (Å²) in [5.41, 5.74) is 0. The molecule has 3 nitrogen and oxygen atoms in total. The summed E-state index contributed by atoms with van der Waals surface area (Å²) in [4.78, 5) is 11.0. The predicted octanol–water partition coefficient (Wildman–Crippen LogP) is 2.19. The Hall–Kier alpha value is -0.380. The van der Waals surface area contributed by atoms with Crippen molar-refractivity contribution in [2.75, 3.05) is 0 Å². The molecule has 3 aliphatic rings. The van der Waals surface area contributed by atoms with Crippen LogP contribution in [0.15, 0.2) is 0 Å². The minimum absolute atomic E-state index is 0.0581. The zero-order valence-corrected chi connectivity index (χ0v) is 8.96. The molecule has 14 heavy (non-hydrogen) atoms. The summed E-state index contributed by atoms with van der Waals surface area (Å²) in [6.07, 6.45) is 3.36. The van der Waals surface area contributed by atoms with Crippen LogP contribution in [0.3, 0.4) is 0 Å². The van der Waals surface area contributed by atoms with Crippen molar-refractivity contribution in [3.63, 3.8) is 0 Å². The van der Waals surface area contributed by atoms with Crippen LogP contribution in [0, 0.1) is 5.92 Å². The lowest BCUT2D eigenvalue weighted by Gasteiger charge is -2.25. The molecule has 3 saturated heterocycles. The maximum absolute atomic E-state index is 11.0. The van der Waals surface area contributed by atoms with Gasteiger partial charge in [0.15, 0.2) is 12.2 Å². The fraction of sp³-hybridized carbons (Fsp3) is 0.900. The second kappa shape index (κ2) is 3.05. The van der Waals surface area contributed by atoms with Gasteiger partial charge in [-0.1, -0.05) is 13.3 Å². The number of ether oxygens (including phenoxy) is 2. The van der Waals surface area contributed by atoms with Crippen molar-refractivity contribution < 1.29 is 14.3 Å². The molecule has 2 bridgehead atoms. The first kappa shape index (κ1) is 8.89. The first-order chi connectivity index (χ1) is 6.79. The van der Waals surface area contributed by atoms with Crippen LogP contribution in [0.4, 0.5) is 4.79 Å². The molecule has 5 unspecified atom stereocenters. The topological polar surface area (TPSA) is 35.5 Å². The molecule has 3 aliphatic heterocycles. The van der Waals surface area contributed by atoms with Crippen LogP contribution in [-0.2, 0) is 9.47 Å². The number of carbonyl (C=O) groups excluding carboxylic acids is 1. The highest BCUT2D eigenvalue weighted by atomic mass is 32.2. The molecule has 0 N–H and O–H groups in total. The van der Waals surface area contributed by atoms with Crippen LogP contribution in [0.25, 0.3) is 0 Å². The van der Waals surface area contributed by atoms with E-state index in [9.17, 15) is 4.79 Å². The van der Waals surface area contributed by atoms with E-state index in [1.165, 1.54) is 19.3 Å². The van der Waals surface area contributed by atoms with Crippen LogP contribution in [0.2, 0.25) is 0 Å². The number of fused-ring (bicyclic) bond motifs is 5. The lowest BCUT2D eigenvalue weighted by atomic mass is 9.83. The Morgan fingerprint density at radius 2 is 2.21 bits per heavy atom. The van der Waals surface area contributed by atoms with E-state index in [0.717, 1.165) is 5.92 Å². The molecule has 0 aromatic rings.